The van der Waals surface area contributed by atoms with E-state index in [-0.39, 0.29) is 48.0 Å². The Morgan fingerprint density at radius 2 is 1.50 bits per heavy atom. The van der Waals surface area contributed by atoms with Crippen LogP contribution < -0.4 is 16.4 Å². The number of aromatic nitrogens is 4. The highest BCUT2D eigenvalue weighted by atomic mass is 32.2. The SMILES string of the molecule is CC(C)(COP(=O)(O)OP(=O)(O)OC[C@H]1O[C@@H](n2cnc3c(N)ncnc32)[C@H](O)[C@@H]1OP(=O)(O)O)[C@@H](O)C(=O)NCCC(=O)NCCSC(=O)CCCCCCCCCCCC(=O)O. The van der Waals surface area contributed by atoms with E-state index in [2.05, 4.69) is 34.4 Å². The van der Waals surface area contributed by atoms with Crippen LogP contribution in [-0.2, 0) is 55.5 Å². The van der Waals surface area contributed by atoms with Crippen molar-refractivity contribution >= 4 is 75.1 Å². The van der Waals surface area contributed by atoms with Crippen LogP contribution in [0.5, 0.6) is 0 Å². The van der Waals surface area contributed by atoms with Crippen LogP contribution in [-0.4, -0.2) is 134 Å². The highest BCUT2D eigenvalue weighted by Crippen LogP contribution is 2.61. The van der Waals surface area contributed by atoms with Gasteiger partial charge in [-0.25, -0.2) is 28.6 Å². The summed E-state index contributed by atoms with van der Waals surface area (Å²) in [5, 5.41) is 35.2. The van der Waals surface area contributed by atoms with Crippen LogP contribution in [0.15, 0.2) is 12.7 Å². The van der Waals surface area contributed by atoms with E-state index < -0.39 is 90.5 Å². The first-order valence-electron chi connectivity index (χ1n) is 20.2. The minimum atomic E-state index is -5.58. The Kier molecular flexibility index (Phi) is 22.3. The van der Waals surface area contributed by atoms with Crippen LogP contribution in [0.25, 0.3) is 11.2 Å². The Labute approximate surface area is 372 Å². The fourth-order valence-corrected chi connectivity index (χ4v) is 9.70. The normalized spacial score (nSPS) is 20.4. The molecule has 0 saturated carbocycles. The number of nitrogens with one attached hydrogen (secondary N) is 2. The molecule has 0 aromatic carbocycles. The molecule has 2 aromatic heterocycles. The van der Waals surface area contributed by atoms with Crippen molar-refractivity contribution in [1.82, 2.24) is 30.2 Å². The molecule has 26 nitrogen and oxygen atoms in total. The number of carboxylic acids is 1. The van der Waals surface area contributed by atoms with Gasteiger partial charge in [-0.1, -0.05) is 70.6 Å². The number of fused-ring (bicyclic) bond motifs is 1. The molecule has 1 aliphatic heterocycles. The minimum absolute atomic E-state index is 0.0182. The van der Waals surface area contributed by atoms with Crippen molar-refractivity contribution in [3.05, 3.63) is 12.7 Å². The second-order valence-corrected chi connectivity index (χ2v) is 20.8. The monoisotopic (exact) mass is 993 g/mol. The van der Waals surface area contributed by atoms with E-state index in [1.54, 1.807) is 0 Å². The van der Waals surface area contributed by atoms with Crippen LogP contribution in [0.4, 0.5) is 5.82 Å². The summed E-state index contributed by atoms with van der Waals surface area (Å²) in [6.07, 6.45) is 2.27. The maximum absolute atomic E-state index is 12.7. The Balaban J connectivity index is 1.34. The van der Waals surface area contributed by atoms with Crippen molar-refractivity contribution in [2.45, 2.75) is 122 Å². The third-order valence-electron chi connectivity index (χ3n) is 9.54. The number of phosphoric acid groups is 3. The summed E-state index contributed by atoms with van der Waals surface area (Å²) in [5.74, 6) is -1.88. The van der Waals surface area contributed by atoms with Crippen molar-refractivity contribution < 1.29 is 90.4 Å². The van der Waals surface area contributed by atoms with Gasteiger partial charge < -0.3 is 56.0 Å². The van der Waals surface area contributed by atoms with Crippen LogP contribution in [0.1, 0.15) is 97.1 Å². The predicted octanol–water partition coefficient (Wildman–Crippen LogP) is 2.04. The number of aliphatic hydroxyl groups excluding tert-OH is 2. The Hall–Kier alpha value is -2.97. The number of thioether (sulfide) groups is 1. The average molecular weight is 994 g/mol. The van der Waals surface area contributed by atoms with E-state index in [1.807, 2.05) is 0 Å². The van der Waals surface area contributed by atoms with Crippen molar-refractivity contribution in [2.75, 3.05) is 37.8 Å². The van der Waals surface area contributed by atoms with Gasteiger partial charge in [-0.05, 0) is 12.8 Å². The van der Waals surface area contributed by atoms with Gasteiger partial charge in [0.1, 0.15) is 36.3 Å². The molecule has 1 saturated heterocycles. The van der Waals surface area contributed by atoms with Crippen molar-refractivity contribution in [1.29, 1.82) is 0 Å². The number of hydrogen-bond donors (Lipinski definition) is 10. The van der Waals surface area contributed by atoms with Gasteiger partial charge in [-0.2, -0.15) is 4.31 Å². The number of nitrogen functional groups attached to an aromatic ring is 1. The van der Waals surface area contributed by atoms with E-state index in [1.165, 1.54) is 13.8 Å². The summed E-state index contributed by atoms with van der Waals surface area (Å²) in [6, 6.07) is 0. The molecule has 2 unspecified atom stereocenters. The molecule has 0 spiro atoms. The number of carbonyl (C=O) groups excluding carboxylic acids is 3. The fraction of sp³-hybridized carbons (Fsp3) is 0.735. The molecular weight excluding hydrogens is 935 g/mol. The van der Waals surface area contributed by atoms with E-state index in [4.69, 9.17) is 24.6 Å². The third-order valence-corrected chi connectivity index (χ3v) is 13.6. The number of hydrogen-bond acceptors (Lipinski definition) is 19. The molecule has 1 aliphatic rings. The molecule has 0 aliphatic carbocycles. The van der Waals surface area contributed by atoms with E-state index in [0.29, 0.717) is 18.6 Å². The molecule has 3 heterocycles. The number of unbranched alkanes of at least 4 members (excludes halogenated alkanes) is 8. The van der Waals surface area contributed by atoms with Crippen LogP contribution >= 0.6 is 35.2 Å². The second-order valence-electron chi connectivity index (χ2n) is 15.4. The zero-order chi connectivity index (χ0) is 47.7. The summed E-state index contributed by atoms with van der Waals surface area (Å²) in [5.41, 5.74) is 4.25. The average Bonchev–Trinajstić information content (AvgIpc) is 3.76. The topological polar surface area (TPSA) is 401 Å². The molecule has 2 amide bonds. The molecule has 64 heavy (non-hydrogen) atoms. The number of phosphoric ester groups is 3. The molecule has 7 atom stereocenters. The standard InChI is InChI=1S/C34H58N7O19P3S/c1-34(2,29(47)32(48)37-15-14-23(42)36-16-17-64-25(45)13-11-9-7-5-3-4-6-8-10-12-24(43)44)19-57-63(54,55)60-62(52,53)56-18-22-28(59-61(49,50)51)27(46)33(58-22)41-21-40-26-30(35)38-20-39-31(26)41/h20-22,27-29,33,46-47H,3-19H2,1-2H3,(H,36,42)(H,37,48)(H,43,44)(H,52,53)(H,54,55)(H2,35,38,39)(H2,49,50,51)/t22-,27-,28-,29+,33-/m1/s1. The maximum atomic E-state index is 12.7. The summed E-state index contributed by atoms with van der Waals surface area (Å²) in [6.45, 7) is 0.472. The zero-order valence-corrected chi connectivity index (χ0v) is 38.7. The van der Waals surface area contributed by atoms with Crippen LogP contribution in [0, 0.1) is 5.41 Å². The Bertz CT molecular complexity index is 2010. The van der Waals surface area contributed by atoms with Gasteiger partial charge in [0.25, 0.3) is 0 Å². The van der Waals surface area contributed by atoms with Crippen molar-refractivity contribution in [3.63, 3.8) is 0 Å². The predicted molar refractivity (Wildman–Crippen MR) is 226 cm³/mol. The Morgan fingerprint density at radius 3 is 2.12 bits per heavy atom. The van der Waals surface area contributed by atoms with Gasteiger partial charge in [0.2, 0.25) is 11.8 Å². The van der Waals surface area contributed by atoms with Crippen molar-refractivity contribution in [3.8, 4) is 0 Å². The van der Waals surface area contributed by atoms with E-state index >= 15 is 0 Å². The lowest BCUT2D eigenvalue weighted by atomic mass is 9.87. The van der Waals surface area contributed by atoms with E-state index in [0.717, 1.165) is 80.4 Å². The van der Waals surface area contributed by atoms with Crippen LogP contribution in [0.3, 0.4) is 0 Å². The number of aliphatic hydroxyl groups is 2. The van der Waals surface area contributed by atoms with Gasteiger partial charge in [0, 0.05) is 43.5 Å². The quantitative estimate of drug-likeness (QED) is 0.0381. The molecule has 30 heteroatoms. The zero-order valence-electron chi connectivity index (χ0n) is 35.2. The lowest BCUT2D eigenvalue weighted by Gasteiger charge is -2.30. The van der Waals surface area contributed by atoms with Gasteiger partial charge >= 0.3 is 29.4 Å². The molecule has 364 valence electrons. The lowest BCUT2D eigenvalue weighted by molar-refractivity contribution is -0.137. The number of anilines is 1. The third kappa shape index (κ3) is 19.5. The molecule has 2 aromatic rings. The summed E-state index contributed by atoms with van der Waals surface area (Å²) < 4.78 is 62.3. The number of imidazole rings is 1. The van der Waals surface area contributed by atoms with Gasteiger partial charge in [0.15, 0.2) is 22.8 Å². The summed E-state index contributed by atoms with van der Waals surface area (Å²) >= 11 is 1.11. The molecular formula is C34H58N7O19P3S. The number of nitrogens with zero attached hydrogens (tertiary/aromatic N) is 4. The second kappa shape index (κ2) is 25.8. The van der Waals surface area contributed by atoms with Crippen molar-refractivity contribution in [2.24, 2.45) is 5.41 Å². The van der Waals surface area contributed by atoms with E-state index in [9.17, 15) is 62.7 Å². The number of aliphatic carboxylic acids is 1. The molecule has 3 rings (SSSR count). The number of nitrogens with two attached hydrogens (primary N) is 1. The fourth-order valence-electron chi connectivity index (χ4n) is 6.15. The number of carboxylic acid groups (broad SMARTS) is 1. The number of carbonyl (C=O) groups is 4. The summed E-state index contributed by atoms with van der Waals surface area (Å²) in [4.78, 5) is 98.6. The van der Waals surface area contributed by atoms with Gasteiger partial charge in [0.05, 0.1) is 19.5 Å². The lowest BCUT2D eigenvalue weighted by Crippen LogP contribution is -2.46. The number of rotatable bonds is 31. The first-order chi connectivity index (χ1) is 29.9. The number of ether oxygens (including phenoxy) is 1. The largest absolute Gasteiger partial charge is 0.481 e. The van der Waals surface area contributed by atoms with Gasteiger partial charge in [-0.15, -0.1) is 0 Å². The highest BCUT2D eigenvalue weighted by molar-refractivity contribution is 8.13. The molecule has 0 radical (unpaired) electrons. The molecule has 0 bridgehead atoms. The minimum Gasteiger partial charge on any atom is -0.481 e. The first-order valence-corrected chi connectivity index (χ1v) is 25.7. The number of amides is 2. The molecule has 11 N–H and O–H groups in total. The maximum Gasteiger partial charge on any atom is 0.481 e. The smallest absolute Gasteiger partial charge is 0.481 e. The highest BCUT2D eigenvalue weighted by Gasteiger charge is 2.50. The summed E-state index contributed by atoms with van der Waals surface area (Å²) in [7, 11) is -16.4. The Morgan fingerprint density at radius 1 is 0.891 bits per heavy atom. The molecule has 1 fully saturated rings. The first kappa shape index (κ1) is 55.4. The van der Waals surface area contributed by atoms with Crippen LogP contribution in [0.2, 0.25) is 0 Å². The van der Waals surface area contributed by atoms with Gasteiger partial charge in [-0.3, -0.25) is 37.3 Å².